The van der Waals surface area contributed by atoms with Crippen LogP contribution in [0.2, 0.25) is 0 Å². The van der Waals surface area contributed by atoms with Crippen LogP contribution in [0.1, 0.15) is 53.1 Å². The highest BCUT2D eigenvalue weighted by Crippen LogP contribution is 2.45. The first kappa shape index (κ1) is 20.3. The van der Waals surface area contributed by atoms with Gasteiger partial charge in [-0.3, -0.25) is 9.59 Å². The molecule has 1 saturated heterocycles. The van der Waals surface area contributed by atoms with Gasteiger partial charge in [0.25, 0.3) is 5.91 Å². The molecule has 5 heteroatoms. The molecule has 0 bridgehead atoms. The number of carbonyl (C=O) groups excluding carboxylic acids is 2. The Labute approximate surface area is 188 Å². The zero-order valence-electron chi connectivity index (χ0n) is 17.9. The van der Waals surface area contributed by atoms with Crippen LogP contribution in [0.4, 0.5) is 5.69 Å². The van der Waals surface area contributed by atoms with Crippen molar-refractivity contribution in [2.75, 3.05) is 18.4 Å². The summed E-state index contributed by atoms with van der Waals surface area (Å²) in [6.07, 6.45) is 3.49. The van der Waals surface area contributed by atoms with Crippen molar-refractivity contribution in [2.45, 2.75) is 31.6 Å². The van der Waals surface area contributed by atoms with Gasteiger partial charge in [0.15, 0.2) is 0 Å². The number of piperidine rings is 1. The summed E-state index contributed by atoms with van der Waals surface area (Å²) in [5.41, 5.74) is 3.12. The number of anilines is 1. The summed E-state index contributed by atoms with van der Waals surface area (Å²) in [5.74, 6) is 1.32. The van der Waals surface area contributed by atoms with E-state index in [1.165, 1.54) is 0 Å². The minimum atomic E-state index is -0.125. The molecule has 2 heterocycles. The van der Waals surface area contributed by atoms with Crippen LogP contribution in [0.5, 0.6) is 11.5 Å². The standard InChI is InChI=1S/C27H26N2O3/c30-26(28-23-13-5-2-12-21(23)27(31)29-16-8-1-9-17-29)18-22-19-10-3-6-14-24(19)32-25-15-7-4-11-20(22)25/h2-7,10-15,22H,1,8-9,16-18H2,(H,28,30). The smallest absolute Gasteiger partial charge is 0.255 e. The molecule has 0 spiro atoms. The van der Waals surface area contributed by atoms with Gasteiger partial charge in [-0.2, -0.15) is 0 Å². The fraction of sp³-hybridized carbons (Fsp3) is 0.259. The summed E-state index contributed by atoms with van der Waals surface area (Å²) in [5, 5.41) is 3.01. The summed E-state index contributed by atoms with van der Waals surface area (Å²) in [4.78, 5) is 28.1. The van der Waals surface area contributed by atoms with Gasteiger partial charge in [0.1, 0.15) is 11.5 Å². The molecule has 1 fully saturated rings. The summed E-state index contributed by atoms with van der Waals surface area (Å²) >= 11 is 0. The number of benzene rings is 3. The van der Waals surface area contributed by atoms with Crippen molar-refractivity contribution in [2.24, 2.45) is 0 Å². The van der Waals surface area contributed by atoms with E-state index in [0.717, 1.165) is 55.0 Å². The van der Waals surface area contributed by atoms with Crippen LogP contribution in [-0.4, -0.2) is 29.8 Å². The molecular weight excluding hydrogens is 400 g/mol. The number of hydrogen-bond donors (Lipinski definition) is 1. The molecule has 3 aromatic rings. The molecule has 2 aliphatic heterocycles. The minimum Gasteiger partial charge on any atom is -0.457 e. The van der Waals surface area contributed by atoms with Gasteiger partial charge >= 0.3 is 0 Å². The summed E-state index contributed by atoms with van der Waals surface area (Å²) < 4.78 is 6.04. The SMILES string of the molecule is O=C(CC1c2ccccc2Oc2ccccc21)Nc1ccccc1C(=O)N1CCCCC1. The summed E-state index contributed by atoms with van der Waals surface area (Å²) in [6, 6.07) is 23.0. The highest BCUT2D eigenvalue weighted by atomic mass is 16.5. The third kappa shape index (κ3) is 3.98. The van der Waals surface area contributed by atoms with Crippen LogP contribution in [0.3, 0.4) is 0 Å². The number of ether oxygens (including phenoxy) is 1. The molecule has 0 aromatic heterocycles. The Kier molecular flexibility index (Phi) is 5.63. The van der Waals surface area contributed by atoms with Crippen LogP contribution in [-0.2, 0) is 4.79 Å². The van der Waals surface area contributed by atoms with E-state index in [0.29, 0.717) is 11.3 Å². The molecule has 0 aliphatic carbocycles. The highest BCUT2D eigenvalue weighted by molar-refractivity contribution is 6.04. The number of fused-ring (bicyclic) bond motifs is 2. The van der Waals surface area contributed by atoms with Crippen LogP contribution in [0, 0.1) is 0 Å². The molecule has 5 nitrogen and oxygen atoms in total. The molecule has 2 amide bonds. The zero-order chi connectivity index (χ0) is 21.9. The van der Waals surface area contributed by atoms with Gasteiger partial charge in [-0.05, 0) is 43.5 Å². The first-order valence-electron chi connectivity index (χ1n) is 11.2. The Morgan fingerprint density at radius 2 is 1.41 bits per heavy atom. The highest BCUT2D eigenvalue weighted by Gasteiger charge is 2.29. The maximum absolute atomic E-state index is 13.2. The molecule has 5 rings (SSSR count). The predicted octanol–water partition coefficient (Wildman–Crippen LogP) is 5.58. The number of nitrogens with zero attached hydrogens (tertiary/aromatic N) is 1. The molecule has 0 saturated carbocycles. The number of amides is 2. The van der Waals surface area contributed by atoms with E-state index < -0.39 is 0 Å². The lowest BCUT2D eigenvalue weighted by molar-refractivity contribution is -0.116. The first-order chi connectivity index (χ1) is 15.7. The number of para-hydroxylation sites is 3. The number of nitrogens with one attached hydrogen (secondary N) is 1. The van der Waals surface area contributed by atoms with Crippen LogP contribution in [0.25, 0.3) is 0 Å². The van der Waals surface area contributed by atoms with Crippen molar-refractivity contribution >= 4 is 17.5 Å². The molecule has 0 atom stereocenters. The van der Waals surface area contributed by atoms with E-state index in [9.17, 15) is 9.59 Å². The molecule has 1 N–H and O–H groups in total. The maximum atomic E-state index is 13.2. The normalized spacial score (nSPS) is 15.3. The number of hydrogen-bond acceptors (Lipinski definition) is 3. The van der Waals surface area contributed by atoms with Crippen molar-refractivity contribution in [3.8, 4) is 11.5 Å². The lowest BCUT2D eigenvalue weighted by Gasteiger charge is -2.28. The number of carbonyl (C=O) groups is 2. The molecule has 0 radical (unpaired) electrons. The Morgan fingerprint density at radius 1 is 0.812 bits per heavy atom. The van der Waals surface area contributed by atoms with E-state index >= 15 is 0 Å². The third-order valence-electron chi connectivity index (χ3n) is 6.27. The molecule has 32 heavy (non-hydrogen) atoms. The predicted molar refractivity (Wildman–Crippen MR) is 124 cm³/mol. The minimum absolute atomic E-state index is 0.0117. The lowest BCUT2D eigenvalue weighted by atomic mass is 9.85. The van der Waals surface area contributed by atoms with Crippen LogP contribution < -0.4 is 10.1 Å². The molecular formula is C27H26N2O3. The topological polar surface area (TPSA) is 58.6 Å². The van der Waals surface area contributed by atoms with Crippen molar-refractivity contribution < 1.29 is 14.3 Å². The molecule has 0 unspecified atom stereocenters. The van der Waals surface area contributed by atoms with E-state index in [1.807, 2.05) is 65.6 Å². The van der Waals surface area contributed by atoms with Gasteiger partial charge in [0.05, 0.1) is 11.3 Å². The molecule has 2 aliphatic rings. The van der Waals surface area contributed by atoms with Crippen LogP contribution in [0.15, 0.2) is 72.8 Å². The van der Waals surface area contributed by atoms with E-state index in [2.05, 4.69) is 5.32 Å². The molecule has 3 aromatic carbocycles. The lowest BCUT2D eigenvalue weighted by Crippen LogP contribution is -2.36. The van der Waals surface area contributed by atoms with Crippen molar-refractivity contribution in [1.29, 1.82) is 0 Å². The van der Waals surface area contributed by atoms with Gasteiger partial charge in [-0.1, -0.05) is 48.5 Å². The summed E-state index contributed by atoms with van der Waals surface area (Å²) in [7, 11) is 0. The first-order valence-corrected chi connectivity index (χ1v) is 11.2. The van der Waals surface area contributed by atoms with E-state index in [1.54, 1.807) is 12.1 Å². The van der Waals surface area contributed by atoms with Gasteiger partial charge in [0, 0.05) is 36.6 Å². The fourth-order valence-corrected chi connectivity index (χ4v) is 4.66. The second kappa shape index (κ2) is 8.87. The van der Waals surface area contributed by atoms with Gasteiger partial charge < -0.3 is 15.0 Å². The van der Waals surface area contributed by atoms with Crippen LogP contribution >= 0.6 is 0 Å². The Balaban J connectivity index is 1.38. The zero-order valence-corrected chi connectivity index (χ0v) is 17.9. The number of likely N-dealkylation sites (tertiary alicyclic amines) is 1. The van der Waals surface area contributed by atoms with Crippen molar-refractivity contribution in [3.05, 3.63) is 89.5 Å². The third-order valence-corrected chi connectivity index (χ3v) is 6.27. The average Bonchev–Trinajstić information content (AvgIpc) is 2.84. The second-order valence-corrected chi connectivity index (χ2v) is 8.38. The van der Waals surface area contributed by atoms with Crippen molar-refractivity contribution in [3.63, 3.8) is 0 Å². The average molecular weight is 427 g/mol. The Bertz CT molecular complexity index is 1110. The van der Waals surface area contributed by atoms with Gasteiger partial charge in [-0.25, -0.2) is 0 Å². The summed E-state index contributed by atoms with van der Waals surface area (Å²) in [6.45, 7) is 1.55. The van der Waals surface area contributed by atoms with E-state index in [-0.39, 0.29) is 24.2 Å². The van der Waals surface area contributed by atoms with E-state index in [4.69, 9.17) is 4.74 Å². The monoisotopic (exact) mass is 426 g/mol. The van der Waals surface area contributed by atoms with Gasteiger partial charge in [-0.15, -0.1) is 0 Å². The molecule has 162 valence electrons. The van der Waals surface area contributed by atoms with Gasteiger partial charge in [0.2, 0.25) is 5.91 Å². The fourth-order valence-electron chi connectivity index (χ4n) is 4.66. The largest absolute Gasteiger partial charge is 0.457 e. The maximum Gasteiger partial charge on any atom is 0.255 e. The Morgan fingerprint density at radius 3 is 2.09 bits per heavy atom. The Hall–Kier alpha value is -3.60. The quantitative estimate of drug-likeness (QED) is 0.593. The second-order valence-electron chi connectivity index (χ2n) is 8.38. The van der Waals surface area contributed by atoms with Crippen molar-refractivity contribution in [1.82, 2.24) is 4.90 Å². The number of rotatable bonds is 4.